The van der Waals surface area contributed by atoms with Crippen LogP contribution < -0.4 is 5.73 Å². The molecule has 0 amide bonds. The lowest BCUT2D eigenvalue weighted by Crippen LogP contribution is -2.44. The summed E-state index contributed by atoms with van der Waals surface area (Å²) in [5.41, 5.74) is 7.69. The number of hydrogen-bond donors (Lipinski definition) is 1. The molecule has 2 N–H and O–H groups in total. The van der Waals surface area contributed by atoms with E-state index >= 15 is 0 Å². The van der Waals surface area contributed by atoms with Crippen LogP contribution in [0.4, 0.5) is 0 Å². The van der Waals surface area contributed by atoms with E-state index in [9.17, 15) is 0 Å². The number of nitrogens with two attached hydrogens (primary N) is 1. The Morgan fingerprint density at radius 2 is 2.06 bits per heavy atom. The topological polar surface area (TPSA) is 42.1 Å². The van der Waals surface area contributed by atoms with Crippen LogP contribution in [0, 0.1) is 0 Å². The van der Waals surface area contributed by atoms with Crippen LogP contribution in [0.25, 0.3) is 0 Å². The van der Waals surface area contributed by atoms with E-state index in [-0.39, 0.29) is 5.54 Å². The Morgan fingerprint density at radius 3 is 2.72 bits per heavy atom. The highest BCUT2D eigenvalue weighted by Crippen LogP contribution is 2.28. The Morgan fingerprint density at radius 1 is 1.28 bits per heavy atom. The monoisotopic (exact) mass is 247 g/mol. The molecule has 1 aromatic rings. The molecule has 0 unspecified atom stereocenters. The van der Waals surface area contributed by atoms with Crippen molar-refractivity contribution in [2.75, 3.05) is 13.6 Å². The summed E-state index contributed by atoms with van der Waals surface area (Å²) in [5, 5.41) is 0. The van der Waals surface area contributed by atoms with Gasteiger partial charge in [-0.05, 0) is 45.0 Å². The fourth-order valence-electron chi connectivity index (χ4n) is 2.77. The van der Waals surface area contributed by atoms with Gasteiger partial charge in [0.15, 0.2) is 0 Å². The lowest BCUT2D eigenvalue weighted by atomic mass is 9.80. The summed E-state index contributed by atoms with van der Waals surface area (Å²) in [4.78, 5) is 6.68. The maximum atomic E-state index is 6.46. The molecular formula is C15H25N3. The first-order valence-corrected chi connectivity index (χ1v) is 7.05. The van der Waals surface area contributed by atoms with Gasteiger partial charge in [0.25, 0.3) is 0 Å². The molecule has 1 fully saturated rings. The molecule has 0 saturated heterocycles. The summed E-state index contributed by atoms with van der Waals surface area (Å²) in [6.45, 7) is 1.98. The van der Waals surface area contributed by atoms with E-state index in [1.165, 1.54) is 32.1 Å². The zero-order chi connectivity index (χ0) is 12.8. The van der Waals surface area contributed by atoms with Crippen molar-refractivity contribution in [1.82, 2.24) is 9.88 Å². The van der Waals surface area contributed by atoms with Gasteiger partial charge in [0.1, 0.15) is 0 Å². The minimum absolute atomic E-state index is 0.0939. The minimum atomic E-state index is 0.0939. The molecule has 2 rings (SSSR count). The van der Waals surface area contributed by atoms with Crippen LogP contribution in [-0.2, 0) is 6.54 Å². The standard InChI is InChI=1S/C15H25N3/c1-18(13-14-7-3-6-11-17-14)12-10-15(16)8-4-2-5-9-15/h3,6-7,11H,2,4-5,8-10,12-13,16H2,1H3. The van der Waals surface area contributed by atoms with Crippen LogP contribution in [0.3, 0.4) is 0 Å². The van der Waals surface area contributed by atoms with E-state index < -0.39 is 0 Å². The fraction of sp³-hybridized carbons (Fsp3) is 0.667. The molecule has 0 atom stereocenters. The maximum Gasteiger partial charge on any atom is 0.0543 e. The molecule has 3 nitrogen and oxygen atoms in total. The van der Waals surface area contributed by atoms with Gasteiger partial charge in [-0.2, -0.15) is 0 Å². The molecule has 1 heterocycles. The number of hydrogen-bond acceptors (Lipinski definition) is 3. The van der Waals surface area contributed by atoms with Gasteiger partial charge in [-0.3, -0.25) is 4.98 Å². The lowest BCUT2D eigenvalue weighted by Gasteiger charge is -2.34. The molecule has 0 radical (unpaired) electrons. The normalized spacial score (nSPS) is 19.1. The second-order valence-corrected chi connectivity index (χ2v) is 5.73. The van der Waals surface area contributed by atoms with Crippen molar-refractivity contribution < 1.29 is 0 Å². The predicted molar refractivity (Wildman–Crippen MR) is 75.2 cm³/mol. The molecule has 1 aromatic heterocycles. The van der Waals surface area contributed by atoms with Crippen molar-refractivity contribution in [1.29, 1.82) is 0 Å². The molecule has 1 saturated carbocycles. The van der Waals surface area contributed by atoms with Gasteiger partial charge in [0.2, 0.25) is 0 Å². The zero-order valence-corrected chi connectivity index (χ0v) is 11.4. The Hall–Kier alpha value is -0.930. The third-order valence-electron chi connectivity index (χ3n) is 4.00. The average molecular weight is 247 g/mol. The summed E-state index contributed by atoms with van der Waals surface area (Å²) in [7, 11) is 2.15. The van der Waals surface area contributed by atoms with E-state index in [0.29, 0.717) is 0 Å². The van der Waals surface area contributed by atoms with E-state index in [1.54, 1.807) is 0 Å². The second-order valence-electron chi connectivity index (χ2n) is 5.73. The SMILES string of the molecule is CN(CCC1(N)CCCCC1)Cc1ccccn1. The third kappa shape index (κ3) is 4.07. The highest BCUT2D eigenvalue weighted by molar-refractivity contribution is 5.03. The van der Waals surface area contributed by atoms with Gasteiger partial charge in [-0.25, -0.2) is 0 Å². The number of aromatic nitrogens is 1. The summed E-state index contributed by atoms with van der Waals surface area (Å²) in [6.07, 6.45) is 9.34. The van der Waals surface area contributed by atoms with E-state index in [0.717, 1.165) is 25.2 Å². The van der Waals surface area contributed by atoms with Crippen molar-refractivity contribution in [3.8, 4) is 0 Å². The largest absolute Gasteiger partial charge is 0.325 e. The minimum Gasteiger partial charge on any atom is -0.325 e. The molecule has 1 aliphatic carbocycles. The van der Waals surface area contributed by atoms with E-state index in [2.05, 4.69) is 23.0 Å². The van der Waals surface area contributed by atoms with Crippen molar-refractivity contribution in [3.63, 3.8) is 0 Å². The summed E-state index contributed by atoms with van der Waals surface area (Å²) >= 11 is 0. The van der Waals surface area contributed by atoms with Gasteiger partial charge >= 0.3 is 0 Å². The quantitative estimate of drug-likeness (QED) is 0.869. The second kappa shape index (κ2) is 6.30. The van der Waals surface area contributed by atoms with Crippen LogP contribution in [0.1, 0.15) is 44.2 Å². The molecule has 0 aliphatic heterocycles. The van der Waals surface area contributed by atoms with Crippen LogP contribution in [0.15, 0.2) is 24.4 Å². The van der Waals surface area contributed by atoms with Crippen molar-refractivity contribution >= 4 is 0 Å². The molecule has 18 heavy (non-hydrogen) atoms. The first-order valence-electron chi connectivity index (χ1n) is 7.05. The van der Waals surface area contributed by atoms with Gasteiger partial charge < -0.3 is 10.6 Å². The van der Waals surface area contributed by atoms with Gasteiger partial charge in [-0.15, -0.1) is 0 Å². The smallest absolute Gasteiger partial charge is 0.0543 e. The zero-order valence-electron chi connectivity index (χ0n) is 11.4. The molecular weight excluding hydrogens is 222 g/mol. The van der Waals surface area contributed by atoms with Crippen molar-refractivity contribution in [2.24, 2.45) is 5.73 Å². The maximum absolute atomic E-state index is 6.46. The number of rotatable bonds is 5. The molecule has 0 bridgehead atoms. The van der Waals surface area contributed by atoms with Crippen molar-refractivity contribution in [3.05, 3.63) is 30.1 Å². The Kier molecular flexibility index (Phi) is 4.72. The lowest BCUT2D eigenvalue weighted by molar-refractivity contribution is 0.225. The van der Waals surface area contributed by atoms with Crippen LogP contribution in [-0.4, -0.2) is 29.0 Å². The average Bonchev–Trinajstić information content (AvgIpc) is 2.39. The van der Waals surface area contributed by atoms with Crippen molar-refractivity contribution in [2.45, 2.75) is 50.6 Å². The summed E-state index contributed by atoms with van der Waals surface area (Å²) < 4.78 is 0. The van der Waals surface area contributed by atoms with Gasteiger partial charge in [0, 0.05) is 18.3 Å². The number of pyridine rings is 1. The Labute approximate surface area is 110 Å². The third-order valence-corrected chi connectivity index (χ3v) is 4.00. The molecule has 0 aromatic carbocycles. The first kappa shape index (κ1) is 13.5. The van der Waals surface area contributed by atoms with Gasteiger partial charge in [-0.1, -0.05) is 25.3 Å². The summed E-state index contributed by atoms with van der Waals surface area (Å²) in [6, 6.07) is 6.08. The fourth-order valence-corrected chi connectivity index (χ4v) is 2.77. The Bertz CT molecular complexity index is 344. The molecule has 100 valence electrons. The van der Waals surface area contributed by atoms with Crippen LogP contribution in [0.5, 0.6) is 0 Å². The Balaban J connectivity index is 1.76. The van der Waals surface area contributed by atoms with Crippen LogP contribution in [0.2, 0.25) is 0 Å². The van der Waals surface area contributed by atoms with Crippen LogP contribution >= 0.6 is 0 Å². The molecule has 1 aliphatic rings. The van der Waals surface area contributed by atoms with E-state index in [1.807, 2.05) is 18.3 Å². The van der Waals surface area contributed by atoms with E-state index in [4.69, 9.17) is 5.73 Å². The summed E-state index contributed by atoms with van der Waals surface area (Å²) in [5.74, 6) is 0. The van der Waals surface area contributed by atoms with Gasteiger partial charge in [0.05, 0.1) is 5.69 Å². The molecule has 3 heteroatoms. The predicted octanol–water partition coefficient (Wildman–Crippen LogP) is 2.57. The highest BCUT2D eigenvalue weighted by atomic mass is 15.1. The highest BCUT2D eigenvalue weighted by Gasteiger charge is 2.27. The first-order chi connectivity index (χ1) is 8.68. The number of nitrogens with zero attached hydrogens (tertiary/aromatic N) is 2. The molecule has 0 spiro atoms.